The van der Waals surface area contributed by atoms with Crippen molar-refractivity contribution in [3.8, 4) is 0 Å². The highest BCUT2D eigenvalue weighted by Crippen LogP contribution is 2.18. The third-order valence-electron chi connectivity index (χ3n) is 13.9. The molecule has 0 fully saturated rings. The van der Waals surface area contributed by atoms with Crippen molar-refractivity contribution in [2.75, 3.05) is 13.2 Å². The molecule has 0 amide bonds. The molecule has 0 bridgehead atoms. The Morgan fingerprint density at radius 2 is 0.588 bits per heavy atom. The van der Waals surface area contributed by atoms with Crippen LogP contribution in [0, 0.1) is 0 Å². The molecular formula is C63H118O5. The summed E-state index contributed by atoms with van der Waals surface area (Å²) < 4.78 is 10.7. The number of aliphatic hydroxyl groups is 1. The van der Waals surface area contributed by atoms with E-state index in [0.29, 0.717) is 12.8 Å². The second-order valence-electron chi connectivity index (χ2n) is 20.8. The van der Waals surface area contributed by atoms with Crippen LogP contribution in [0.25, 0.3) is 0 Å². The zero-order valence-electron chi connectivity index (χ0n) is 45.9. The van der Waals surface area contributed by atoms with Gasteiger partial charge in [-0.15, -0.1) is 0 Å². The molecule has 0 aliphatic carbocycles. The Hall–Kier alpha value is -1.88. The lowest BCUT2D eigenvalue weighted by molar-refractivity contribution is -0.161. The fourth-order valence-electron chi connectivity index (χ4n) is 9.29. The summed E-state index contributed by atoms with van der Waals surface area (Å²) in [6, 6.07) is 0. The molecule has 5 nitrogen and oxygen atoms in total. The molecule has 400 valence electrons. The van der Waals surface area contributed by atoms with E-state index in [2.05, 4.69) is 50.3 Å². The van der Waals surface area contributed by atoms with Crippen LogP contribution in [0.4, 0.5) is 0 Å². The van der Waals surface area contributed by atoms with Gasteiger partial charge in [0.25, 0.3) is 0 Å². The van der Waals surface area contributed by atoms with Gasteiger partial charge in [-0.25, -0.2) is 0 Å². The van der Waals surface area contributed by atoms with E-state index in [4.69, 9.17) is 9.47 Å². The Morgan fingerprint density at radius 1 is 0.338 bits per heavy atom. The van der Waals surface area contributed by atoms with Crippen LogP contribution in [0.1, 0.15) is 335 Å². The van der Waals surface area contributed by atoms with Crippen molar-refractivity contribution >= 4 is 11.9 Å². The molecule has 0 aromatic rings. The van der Waals surface area contributed by atoms with Gasteiger partial charge in [0.05, 0.1) is 6.61 Å². The average molecular weight is 956 g/mol. The van der Waals surface area contributed by atoms with Crippen LogP contribution in [-0.4, -0.2) is 36.4 Å². The summed E-state index contributed by atoms with van der Waals surface area (Å²) in [5, 5.41) is 9.65. The minimum Gasteiger partial charge on any atom is -0.462 e. The Morgan fingerprint density at radius 3 is 0.882 bits per heavy atom. The topological polar surface area (TPSA) is 72.8 Å². The van der Waals surface area contributed by atoms with Gasteiger partial charge >= 0.3 is 11.9 Å². The first-order valence-electron chi connectivity index (χ1n) is 30.5. The molecule has 0 heterocycles. The molecule has 0 radical (unpaired) electrons. The largest absolute Gasteiger partial charge is 0.462 e. The summed E-state index contributed by atoms with van der Waals surface area (Å²) in [7, 11) is 0. The van der Waals surface area contributed by atoms with Gasteiger partial charge in [-0.3, -0.25) is 9.59 Å². The highest BCUT2D eigenvalue weighted by atomic mass is 16.6. The average Bonchev–Trinajstić information content (AvgIpc) is 3.34. The quantitative estimate of drug-likeness (QED) is 0.0374. The zero-order valence-corrected chi connectivity index (χ0v) is 45.9. The molecule has 0 saturated carbocycles. The van der Waals surface area contributed by atoms with Crippen LogP contribution in [0.5, 0.6) is 0 Å². The number of carbonyl (C=O) groups excluding carboxylic acids is 2. The van der Waals surface area contributed by atoms with E-state index in [1.807, 2.05) is 0 Å². The minimum absolute atomic E-state index is 0.0630. The van der Waals surface area contributed by atoms with Crippen molar-refractivity contribution in [1.29, 1.82) is 0 Å². The smallest absolute Gasteiger partial charge is 0.306 e. The Kier molecular flexibility index (Phi) is 57.8. The maximum atomic E-state index is 12.3. The van der Waals surface area contributed by atoms with Gasteiger partial charge in [-0.1, -0.05) is 288 Å². The molecule has 0 aromatic carbocycles. The normalized spacial score (nSPS) is 12.3. The van der Waals surface area contributed by atoms with E-state index < -0.39 is 6.10 Å². The molecule has 0 aromatic heterocycles. The van der Waals surface area contributed by atoms with Crippen molar-refractivity contribution < 1.29 is 24.2 Å². The number of unbranched alkanes of at least 4 members (excludes halogenated alkanes) is 43. The lowest BCUT2D eigenvalue weighted by atomic mass is 10.0. The standard InChI is InChI=1S/C63H118O5/c1-3-5-7-9-11-13-15-17-19-21-22-23-24-25-26-27-28-29-30-31-32-33-34-35-36-37-38-39-40-42-44-46-48-50-52-54-56-58-63(66)68-61(59-64)60-67-62(65)57-55-53-51-49-47-45-43-41-20-18-16-14-12-10-8-6-4-2/h15,17-18,20-22,61,64H,3-14,16,19,23-60H2,1-2H3/b17-15-,20-18-,22-21-. The number of esters is 2. The Labute approximate surface area is 425 Å². The van der Waals surface area contributed by atoms with Crippen LogP contribution in [0.3, 0.4) is 0 Å². The summed E-state index contributed by atoms with van der Waals surface area (Å²) in [5.41, 5.74) is 0. The summed E-state index contributed by atoms with van der Waals surface area (Å²) in [5.74, 6) is -0.578. The molecular weight excluding hydrogens is 837 g/mol. The predicted octanol–water partition coefficient (Wildman–Crippen LogP) is 20.6. The van der Waals surface area contributed by atoms with Crippen molar-refractivity contribution in [3.63, 3.8) is 0 Å². The number of hydrogen-bond donors (Lipinski definition) is 1. The molecule has 68 heavy (non-hydrogen) atoms. The van der Waals surface area contributed by atoms with Gasteiger partial charge in [0.15, 0.2) is 6.10 Å². The van der Waals surface area contributed by atoms with Crippen LogP contribution >= 0.6 is 0 Å². The fourth-order valence-corrected chi connectivity index (χ4v) is 9.29. The minimum atomic E-state index is -0.771. The molecule has 0 saturated heterocycles. The van der Waals surface area contributed by atoms with Gasteiger partial charge in [0.1, 0.15) is 6.61 Å². The molecule has 0 aliphatic heterocycles. The molecule has 5 heteroatoms. The van der Waals surface area contributed by atoms with E-state index in [-0.39, 0.29) is 25.2 Å². The SMILES string of the molecule is CCCCCCC/C=C\C/C=C\CCCCCCCCCCCCCCCCCCCCCCCCCCCC(=O)OC(CO)COC(=O)CCCCCCCCC/C=C\CCCCCCCC. The predicted molar refractivity (Wildman–Crippen MR) is 298 cm³/mol. The van der Waals surface area contributed by atoms with Crippen LogP contribution < -0.4 is 0 Å². The molecule has 1 atom stereocenters. The van der Waals surface area contributed by atoms with E-state index in [0.717, 1.165) is 44.9 Å². The zero-order chi connectivity index (χ0) is 49.2. The Balaban J connectivity index is 3.38. The first kappa shape index (κ1) is 66.1. The maximum Gasteiger partial charge on any atom is 0.306 e. The van der Waals surface area contributed by atoms with Gasteiger partial charge in [-0.05, 0) is 70.6 Å². The van der Waals surface area contributed by atoms with Crippen molar-refractivity contribution in [2.24, 2.45) is 0 Å². The van der Waals surface area contributed by atoms with Crippen molar-refractivity contribution in [1.82, 2.24) is 0 Å². The fraction of sp³-hybridized carbons (Fsp3) is 0.873. The maximum absolute atomic E-state index is 12.3. The van der Waals surface area contributed by atoms with Gasteiger partial charge in [0.2, 0.25) is 0 Å². The number of aliphatic hydroxyl groups excluding tert-OH is 1. The van der Waals surface area contributed by atoms with Gasteiger partial charge in [0, 0.05) is 12.8 Å². The number of carbonyl (C=O) groups is 2. The molecule has 0 aliphatic rings. The highest BCUT2D eigenvalue weighted by molar-refractivity contribution is 5.70. The van der Waals surface area contributed by atoms with E-state index in [9.17, 15) is 14.7 Å². The third-order valence-corrected chi connectivity index (χ3v) is 13.9. The van der Waals surface area contributed by atoms with Gasteiger partial charge < -0.3 is 14.6 Å². The first-order chi connectivity index (χ1) is 33.6. The van der Waals surface area contributed by atoms with Crippen LogP contribution in [-0.2, 0) is 19.1 Å². The highest BCUT2D eigenvalue weighted by Gasteiger charge is 2.16. The van der Waals surface area contributed by atoms with Crippen LogP contribution in [0.2, 0.25) is 0 Å². The number of ether oxygens (including phenoxy) is 2. The lowest BCUT2D eigenvalue weighted by Crippen LogP contribution is -2.28. The van der Waals surface area contributed by atoms with Crippen LogP contribution in [0.15, 0.2) is 36.5 Å². The second-order valence-corrected chi connectivity index (χ2v) is 20.8. The second kappa shape index (κ2) is 59.4. The summed E-state index contributed by atoms with van der Waals surface area (Å²) >= 11 is 0. The molecule has 1 N–H and O–H groups in total. The lowest BCUT2D eigenvalue weighted by Gasteiger charge is -2.15. The number of allylic oxidation sites excluding steroid dienone is 6. The van der Waals surface area contributed by atoms with E-state index >= 15 is 0 Å². The molecule has 0 spiro atoms. The summed E-state index contributed by atoms with van der Waals surface area (Å²) in [6.45, 7) is 4.16. The Bertz CT molecular complexity index is 1080. The first-order valence-corrected chi connectivity index (χ1v) is 30.5. The van der Waals surface area contributed by atoms with Crippen molar-refractivity contribution in [3.05, 3.63) is 36.5 Å². The van der Waals surface area contributed by atoms with Crippen molar-refractivity contribution in [2.45, 2.75) is 341 Å². The summed E-state index contributed by atoms with van der Waals surface area (Å²) in [4.78, 5) is 24.5. The number of hydrogen-bond acceptors (Lipinski definition) is 5. The molecule has 1 unspecified atom stereocenters. The third kappa shape index (κ3) is 56.7. The van der Waals surface area contributed by atoms with E-state index in [1.54, 1.807) is 0 Å². The number of rotatable bonds is 57. The monoisotopic (exact) mass is 955 g/mol. The van der Waals surface area contributed by atoms with E-state index in [1.165, 1.54) is 263 Å². The molecule has 0 rings (SSSR count). The van der Waals surface area contributed by atoms with Gasteiger partial charge in [-0.2, -0.15) is 0 Å². The summed E-state index contributed by atoms with van der Waals surface area (Å²) in [6.07, 6.45) is 77.2.